The molecule has 2 aromatic rings. The monoisotopic (exact) mass is 242 g/mol. The Morgan fingerprint density at radius 2 is 1.76 bits per heavy atom. The van der Waals surface area contributed by atoms with Gasteiger partial charge in [0.25, 0.3) is 0 Å². The average Bonchev–Trinajstić information content (AvgIpc) is 2.57. The third-order valence-corrected chi connectivity index (χ3v) is 2.61. The number of halogens is 3. The van der Waals surface area contributed by atoms with Crippen molar-refractivity contribution in [2.45, 2.75) is 32.4 Å². The van der Waals surface area contributed by atoms with Crippen molar-refractivity contribution in [3.05, 3.63) is 29.6 Å². The number of aromatic nitrogens is 2. The minimum absolute atomic E-state index is 0.140. The molecule has 0 saturated carbocycles. The van der Waals surface area contributed by atoms with Crippen LogP contribution in [0.3, 0.4) is 0 Å². The van der Waals surface area contributed by atoms with Gasteiger partial charge >= 0.3 is 6.18 Å². The molecule has 17 heavy (non-hydrogen) atoms. The number of pyridine rings is 1. The third kappa shape index (κ3) is 2.28. The summed E-state index contributed by atoms with van der Waals surface area (Å²) in [5.41, 5.74) is 0.505. The van der Waals surface area contributed by atoms with Crippen LogP contribution in [0.2, 0.25) is 0 Å². The fourth-order valence-electron chi connectivity index (χ4n) is 1.57. The van der Waals surface area contributed by atoms with Crippen LogP contribution in [-0.2, 0) is 11.6 Å². The van der Waals surface area contributed by atoms with E-state index in [0.29, 0.717) is 11.0 Å². The Balaban J connectivity index is 2.56. The Morgan fingerprint density at radius 3 is 2.29 bits per heavy atom. The molecule has 92 valence electrons. The summed E-state index contributed by atoms with van der Waals surface area (Å²) in [7, 11) is 0. The summed E-state index contributed by atoms with van der Waals surface area (Å²) >= 11 is 0. The van der Waals surface area contributed by atoms with Crippen molar-refractivity contribution in [3.63, 3.8) is 0 Å². The largest absolute Gasteiger partial charge is 0.417 e. The van der Waals surface area contributed by atoms with E-state index in [9.17, 15) is 13.2 Å². The Labute approximate surface area is 96.9 Å². The third-order valence-electron chi connectivity index (χ3n) is 2.61. The summed E-state index contributed by atoms with van der Waals surface area (Å²) in [6.45, 7) is 5.97. The smallest absolute Gasteiger partial charge is 0.343 e. The van der Waals surface area contributed by atoms with Crippen LogP contribution in [-0.4, -0.2) is 9.97 Å². The quantitative estimate of drug-likeness (QED) is 0.746. The molecule has 0 atom stereocenters. The van der Waals surface area contributed by atoms with Gasteiger partial charge in [0.05, 0.1) is 5.56 Å². The van der Waals surface area contributed by atoms with Crippen LogP contribution >= 0.6 is 0 Å². The number of alkyl halides is 3. The lowest BCUT2D eigenvalue weighted by Crippen LogP contribution is -2.11. The maximum Gasteiger partial charge on any atom is 0.417 e. The van der Waals surface area contributed by atoms with Gasteiger partial charge in [0.15, 0.2) is 0 Å². The normalized spacial score (nSPS) is 13.3. The van der Waals surface area contributed by atoms with Gasteiger partial charge in [-0.1, -0.05) is 20.8 Å². The molecule has 2 rings (SSSR count). The Kier molecular flexibility index (Phi) is 2.45. The summed E-state index contributed by atoms with van der Waals surface area (Å²) in [6.07, 6.45) is -3.49. The SMILES string of the molecule is CC(C)(C)c1cc2cc(C(F)(F)F)cnc2[nH]1. The van der Waals surface area contributed by atoms with Gasteiger partial charge in [-0.05, 0) is 12.1 Å². The number of rotatable bonds is 0. The predicted molar refractivity (Wildman–Crippen MR) is 59.8 cm³/mol. The number of aromatic amines is 1. The van der Waals surface area contributed by atoms with Crippen molar-refractivity contribution in [1.29, 1.82) is 0 Å². The number of hydrogen-bond acceptors (Lipinski definition) is 1. The molecular weight excluding hydrogens is 229 g/mol. The highest BCUT2D eigenvalue weighted by Gasteiger charge is 2.31. The molecule has 0 aromatic carbocycles. The van der Waals surface area contributed by atoms with Crippen molar-refractivity contribution in [3.8, 4) is 0 Å². The first kappa shape index (κ1) is 12.0. The van der Waals surface area contributed by atoms with Crippen molar-refractivity contribution < 1.29 is 13.2 Å². The van der Waals surface area contributed by atoms with Gasteiger partial charge < -0.3 is 4.98 Å². The Hall–Kier alpha value is -1.52. The van der Waals surface area contributed by atoms with Crippen molar-refractivity contribution in [2.75, 3.05) is 0 Å². The van der Waals surface area contributed by atoms with Gasteiger partial charge in [0.1, 0.15) is 5.65 Å². The molecule has 2 nitrogen and oxygen atoms in total. The highest BCUT2D eigenvalue weighted by Crippen LogP contribution is 2.32. The highest BCUT2D eigenvalue weighted by atomic mass is 19.4. The second-order valence-electron chi connectivity index (χ2n) is 5.09. The number of fused-ring (bicyclic) bond motifs is 1. The summed E-state index contributed by atoms with van der Waals surface area (Å²) in [5, 5.41) is 0.491. The maximum atomic E-state index is 12.5. The zero-order chi connectivity index (χ0) is 12.8. The van der Waals surface area contributed by atoms with E-state index in [1.165, 1.54) is 0 Å². The molecule has 0 fully saturated rings. The molecule has 2 aromatic heterocycles. The van der Waals surface area contributed by atoms with Crippen LogP contribution in [0.1, 0.15) is 32.0 Å². The predicted octanol–water partition coefficient (Wildman–Crippen LogP) is 3.88. The minimum atomic E-state index is -4.35. The minimum Gasteiger partial charge on any atom is -0.343 e. The van der Waals surface area contributed by atoms with Crippen LogP contribution < -0.4 is 0 Å². The molecule has 2 heterocycles. The number of nitrogens with zero attached hydrogens (tertiary/aromatic N) is 1. The molecule has 0 amide bonds. The van der Waals surface area contributed by atoms with Gasteiger partial charge in [-0.2, -0.15) is 13.2 Å². The molecule has 0 aliphatic rings. The second-order valence-corrected chi connectivity index (χ2v) is 5.09. The lowest BCUT2D eigenvalue weighted by Gasteiger charge is -2.15. The number of H-pyrrole nitrogens is 1. The van der Waals surface area contributed by atoms with Gasteiger partial charge in [-0.25, -0.2) is 4.98 Å². The summed E-state index contributed by atoms with van der Waals surface area (Å²) < 4.78 is 37.5. The second kappa shape index (κ2) is 3.48. The van der Waals surface area contributed by atoms with E-state index < -0.39 is 11.7 Å². The summed E-state index contributed by atoms with van der Waals surface area (Å²) in [4.78, 5) is 6.84. The highest BCUT2D eigenvalue weighted by molar-refractivity contribution is 5.77. The zero-order valence-electron chi connectivity index (χ0n) is 9.81. The van der Waals surface area contributed by atoms with Gasteiger partial charge in [-0.3, -0.25) is 0 Å². The first-order valence-electron chi connectivity index (χ1n) is 5.24. The lowest BCUT2D eigenvalue weighted by atomic mass is 9.92. The standard InChI is InChI=1S/C12H13F3N2/c1-11(2,3)9-5-7-4-8(12(13,14)15)6-16-10(7)17-9/h4-6H,1-3H3,(H,16,17). The first-order chi connectivity index (χ1) is 7.68. The molecule has 0 bridgehead atoms. The van der Waals surface area contributed by atoms with Crippen LogP contribution in [0.25, 0.3) is 11.0 Å². The Morgan fingerprint density at radius 1 is 1.12 bits per heavy atom. The van der Waals surface area contributed by atoms with Crippen LogP contribution in [0.15, 0.2) is 18.3 Å². The van der Waals surface area contributed by atoms with E-state index in [1.54, 1.807) is 6.07 Å². The van der Waals surface area contributed by atoms with E-state index >= 15 is 0 Å². The van der Waals surface area contributed by atoms with E-state index in [-0.39, 0.29) is 5.41 Å². The number of nitrogens with one attached hydrogen (secondary N) is 1. The summed E-state index contributed by atoms with van der Waals surface area (Å²) in [6, 6.07) is 2.84. The average molecular weight is 242 g/mol. The van der Waals surface area contributed by atoms with Crippen LogP contribution in [0, 0.1) is 0 Å². The van der Waals surface area contributed by atoms with E-state index in [1.807, 2.05) is 20.8 Å². The van der Waals surface area contributed by atoms with Crippen molar-refractivity contribution in [1.82, 2.24) is 9.97 Å². The number of hydrogen-bond donors (Lipinski definition) is 1. The Bertz CT molecular complexity index is 535. The summed E-state index contributed by atoms with van der Waals surface area (Å²) in [5.74, 6) is 0. The lowest BCUT2D eigenvalue weighted by molar-refractivity contribution is -0.137. The fourth-order valence-corrected chi connectivity index (χ4v) is 1.57. The van der Waals surface area contributed by atoms with Crippen LogP contribution in [0.5, 0.6) is 0 Å². The van der Waals surface area contributed by atoms with Gasteiger partial charge in [0.2, 0.25) is 0 Å². The van der Waals surface area contributed by atoms with Crippen LogP contribution in [0.4, 0.5) is 13.2 Å². The molecular formula is C12H13F3N2. The van der Waals surface area contributed by atoms with Gasteiger partial charge in [-0.15, -0.1) is 0 Å². The molecule has 5 heteroatoms. The van der Waals surface area contributed by atoms with Crippen molar-refractivity contribution >= 4 is 11.0 Å². The molecule has 0 spiro atoms. The molecule has 0 saturated heterocycles. The van der Waals surface area contributed by atoms with E-state index in [0.717, 1.165) is 18.0 Å². The molecule has 1 N–H and O–H groups in total. The topological polar surface area (TPSA) is 28.7 Å². The molecule has 0 radical (unpaired) electrons. The van der Waals surface area contributed by atoms with Gasteiger partial charge in [0, 0.05) is 22.7 Å². The molecule has 0 unspecified atom stereocenters. The molecule has 0 aliphatic carbocycles. The van der Waals surface area contributed by atoms with Crippen molar-refractivity contribution in [2.24, 2.45) is 0 Å². The fraction of sp³-hybridized carbons (Fsp3) is 0.417. The first-order valence-corrected chi connectivity index (χ1v) is 5.24. The zero-order valence-corrected chi connectivity index (χ0v) is 9.81. The maximum absolute atomic E-state index is 12.5. The van der Waals surface area contributed by atoms with E-state index in [4.69, 9.17) is 0 Å². The molecule has 0 aliphatic heterocycles. The van der Waals surface area contributed by atoms with E-state index in [2.05, 4.69) is 9.97 Å².